The highest BCUT2D eigenvalue weighted by Crippen LogP contribution is 2.15. The molecule has 1 aromatic rings. The van der Waals surface area contributed by atoms with E-state index in [-0.39, 0.29) is 5.78 Å². The second kappa shape index (κ2) is 4.12. The number of allylic oxidation sites excluding steroid dienone is 2. The molecule has 4 heteroatoms. The van der Waals surface area contributed by atoms with Crippen LogP contribution in [-0.4, -0.2) is 15.6 Å². The Bertz CT molecular complexity index is 457. The average molecular weight is 219 g/mol. The highest BCUT2D eigenvalue weighted by atomic mass is 16.1. The molecule has 1 aliphatic carbocycles. The molecule has 1 aromatic heterocycles. The number of aryl methyl sites for hydroxylation is 2. The van der Waals surface area contributed by atoms with Crippen LogP contribution in [-0.2, 0) is 18.4 Å². The van der Waals surface area contributed by atoms with Gasteiger partial charge in [-0.2, -0.15) is 5.10 Å². The largest absolute Gasteiger partial charge is 0.384 e. The van der Waals surface area contributed by atoms with Crippen molar-refractivity contribution < 1.29 is 4.79 Å². The summed E-state index contributed by atoms with van der Waals surface area (Å²) in [5.74, 6) is 0.224. The van der Waals surface area contributed by atoms with Crippen LogP contribution in [0.5, 0.6) is 0 Å². The lowest BCUT2D eigenvalue weighted by Gasteiger charge is -2.06. The molecule has 0 aliphatic heterocycles. The maximum Gasteiger partial charge on any atom is 0.157 e. The van der Waals surface area contributed by atoms with Gasteiger partial charge in [0.1, 0.15) is 0 Å². The fraction of sp³-hybridized carbons (Fsp3) is 0.500. The summed E-state index contributed by atoms with van der Waals surface area (Å²) in [5, 5.41) is 7.67. The lowest BCUT2D eigenvalue weighted by atomic mass is 10.2. The van der Waals surface area contributed by atoms with Gasteiger partial charge < -0.3 is 5.32 Å². The fourth-order valence-electron chi connectivity index (χ4n) is 2.01. The van der Waals surface area contributed by atoms with E-state index >= 15 is 0 Å². The van der Waals surface area contributed by atoms with Crippen LogP contribution in [0.4, 0.5) is 0 Å². The molecule has 1 N–H and O–H groups in total. The molecule has 0 saturated carbocycles. The monoisotopic (exact) mass is 219 g/mol. The molecule has 0 unspecified atom stereocenters. The maximum atomic E-state index is 11.1. The molecule has 86 valence electrons. The Labute approximate surface area is 95.3 Å². The molecule has 0 amide bonds. The van der Waals surface area contributed by atoms with Crippen LogP contribution in [0.3, 0.4) is 0 Å². The Morgan fingerprint density at radius 3 is 2.69 bits per heavy atom. The lowest BCUT2D eigenvalue weighted by molar-refractivity contribution is -0.114. The Morgan fingerprint density at radius 1 is 1.44 bits per heavy atom. The van der Waals surface area contributed by atoms with E-state index in [1.807, 2.05) is 18.7 Å². The van der Waals surface area contributed by atoms with E-state index in [2.05, 4.69) is 17.3 Å². The zero-order valence-corrected chi connectivity index (χ0v) is 10.0. The van der Waals surface area contributed by atoms with E-state index in [0.717, 1.165) is 24.4 Å². The topological polar surface area (TPSA) is 46.9 Å². The van der Waals surface area contributed by atoms with Crippen LogP contribution in [0.1, 0.15) is 29.8 Å². The third-order valence-electron chi connectivity index (χ3n) is 3.13. The molecule has 0 atom stereocenters. The van der Waals surface area contributed by atoms with Crippen molar-refractivity contribution >= 4 is 5.78 Å². The molecule has 0 fully saturated rings. The van der Waals surface area contributed by atoms with Crippen molar-refractivity contribution in [2.24, 2.45) is 7.05 Å². The van der Waals surface area contributed by atoms with Gasteiger partial charge in [-0.1, -0.05) is 0 Å². The van der Waals surface area contributed by atoms with E-state index in [0.29, 0.717) is 6.42 Å². The van der Waals surface area contributed by atoms with Gasteiger partial charge in [-0.3, -0.25) is 9.48 Å². The van der Waals surface area contributed by atoms with Crippen LogP contribution < -0.4 is 5.32 Å². The predicted molar refractivity (Wildman–Crippen MR) is 61.8 cm³/mol. The van der Waals surface area contributed by atoms with Gasteiger partial charge in [0.05, 0.1) is 5.69 Å². The minimum Gasteiger partial charge on any atom is -0.384 e. The van der Waals surface area contributed by atoms with Gasteiger partial charge in [0.2, 0.25) is 0 Å². The number of hydrogen-bond donors (Lipinski definition) is 1. The molecule has 1 heterocycles. The van der Waals surface area contributed by atoms with Crippen molar-refractivity contribution in [2.45, 2.75) is 33.2 Å². The zero-order chi connectivity index (χ0) is 11.7. The average Bonchev–Trinajstić information content (AvgIpc) is 2.72. The molecule has 0 bridgehead atoms. The molecule has 0 saturated heterocycles. The molecule has 0 radical (unpaired) electrons. The quantitative estimate of drug-likeness (QED) is 0.835. The van der Waals surface area contributed by atoms with Crippen LogP contribution in [0.25, 0.3) is 0 Å². The molecular weight excluding hydrogens is 202 g/mol. The second-order valence-electron chi connectivity index (χ2n) is 4.26. The molecule has 1 aliphatic rings. The smallest absolute Gasteiger partial charge is 0.157 e. The maximum absolute atomic E-state index is 11.1. The van der Waals surface area contributed by atoms with Gasteiger partial charge in [0.15, 0.2) is 5.78 Å². The van der Waals surface area contributed by atoms with Crippen molar-refractivity contribution in [3.05, 3.63) is 28.7 Å². The van der Waals surface area contributed by atoms with E-state index < -0.39 is 0 Å². The van der Waals surface area contributed by atoms with E-state index in [4.69, 9.17) is 0 Å². The first-order chi connectivity index (χ1) is 7.58. The normalized spacial score (nSPS) is 15.4. The Hall–Kier alpha value is -1.58. The highest BCUT2D eigenvalue weighted by molar-refractivity contribution is 5.92. The van der Waals surface area contributed by atoms with Gasteiger partial charge in [0.25, 0.3) is 0 Å². The molecule has 0 aromatic carbocycles. The Kier molecular flexibility index (Phi) is 2.81. The van der Waals surface area contributed by atoms with Crippen molar-refractivity contribution in [1.29, 1.82) is 0 Å². The van der Waals surface area contributed by atoms with Crippen molar-refractivity contribution in [3.8, 4) is 0 Å². The van der Waals surface area contributed by atoms with Gasteiger partial charge in [-0.05, 0) is 20.3 Å². The summed E-state index contributed by atoms with van der Waals surface area (Å²) in [6.07, 6.45) is 3.20. The second-order valence-corrected chi connectivity index (χ2v) is 4.26. The van der Waals surface area contributed by atoms with Crippen LogP contribution >= 0.6 is 0 Å². The molecule has 0 spiro atoms. The van der Waals surface area contributed by atoms with Crippen molar-refractivity contribution in [2.75, 3.05) is 0 Å². The molecule has 2 rings (SSSR count). The van der Waals surface area contributed by atoms with Gasteiger partial charge >= 0.3 is 0 Å². The molecule has 4 nitrogen and oxygen atoms in total. The standard InChI is InChI=1S/C12H17N3O/c1-8-12(9(2)15(3)14-8)7-13-10-4-5-11(16)6-10/h6,13H,4-5,7H2,1-3H3. The summed E-state index contributed by atoms with van der Waals surface area (Å²) in [4.78, 5) is 11.1. The number of nitrogens with zero attached hydrogens (tertiary/aromatic N) is 2. The summed E-state index contributed by atoms with van der Waals surface area (Å²) in [6, 6.07) is 0. The van der Waals surface area contributed by atoms with Gasteiger partial charge in [-0.25, -0.2) is 0 Å². The highest BCUT2D eigenvalue weighted by Gasteiger charge is 2.13. The number of hydrogen-bond acceptors (Lipinski definition) is 3. The van der Waals surface area contributed by atoms with Gasteiger partial charge in [0, 0.05) is 43.0 Å². The minimum atomic E-state index is 0.224. The summed E-state index contributed by atoms with van der Waals surface area (Å²) in [5.41, 5.74) is 4.50. The van der Waals surface area contributed by atoms with Crippen LogP contribution in [0, 0.1) is 13.8 Å². The first-order valence-corrected chi connectivity index (χ1v) is 5.54. The van der Waals surface area contributed by atoms with E-state index in [1.165, 1.54) is 11.3 Å². The number of rotatable bonds is 3. The van der Waals surface area contributed by atoms with Crippen molar-refractivity contribution in [3.63, 3.8) is 0 Å². The van der Waals surface area contributed by atoms with E-state index in [9.17, 15) is 4.79 Å². The Balaban J connectivity index is 2.05. The number of carbonyl (C=O) groups excluding carboxylic acids is 1. The number of ketones is 1. The third-order valence-corrected chi connectivity index (χ3v) is 3.13. The summed E-state index contributed by atoms with van der Waals surface area (Å²) >= 11 is 0. The predicted octanol–water partition coefficient (Wildman–Crippen LogP) is 1.37. The lowest BCUT2D eigenvalue weighted by Crippen LogP contribution is -2.12. The summed E-state index contributed by atoms with van der Waals surface area (Å²) in [7, 11) is 1.95. The minimum absolute atomic E-state index is 0.224. The van der Waals surface area contributed by atoms with Gasteiger partial charge in [-0.15, -0.1) is 0 Å². The van der Waals surface area contributed by atoms with Crippen molar-refractivity contribution in [1.82, 2.24) is 15.1 Å². The fourth-order valence-corrected chi connectivity index (χ4v) is 2.01. The third kappa shape index (κ3) is 2.01. The zero-order valence-electron chi connectivity index (χ0n) is 10.0. The summed E-state index contributed by atoms with van der Waals surface area (Å²) in [6.45, 7) is 4.83. The van der Waals surface area contributed by atoms with Crippen LogP contribution in [0.2, 0.25) is 0 Å². The number of nitrogens with one attached hydrogen (secondary N) is 1. The van der Waals surface area contributed by atoms with Crippen LogP contribution in [0.15, 0.2) is 11.8 Å². The van der Waals surface area contributed by atoms with E-state index in [1.54, 1.807) is 6.08 Å². The molecular formula is C12H17N3O. The number of carbonyl (C=O) groups is 1. The number of aromatic nitrogens is 2. The molecule has 16 heavy (non-hydrogen) atoms. The SMILES string of the molecule is Cc1nn(C)c(C)c1CNC1=CC(=O)CC1. The first kappa shape index (κ1) is 10.9. The summed E-state index contributed by atoms with van der Waals surface area (Å²) < 4.78 is 1.89. The first-order valence-electron chi connectivity index (χ1n) is 5.54. The Morgan fingerprint density at radius 2 is 2.19 bits per heavy atom.